The first-order valence-electron chi connectivity index (χ1n) is 6.90. The van der Waals surface area contributed by atoms with Gasteiger partial charge in [-0.3, -0.25) is 4.79 Å². The molecule has 0 aliphatic carbocycles. The lowest BCUT2D eigenvalue weighted by atomic mass is 10.2. The molecular formula is C17H14O7. The molecule has 0 saturated heterocycles. The Balaban J connectivity index is 1.79. The average molecular weight is 330 g/mol. The van der Waals surface area contributed by atoms with Crippen LogP contribution in [-0.2, 0) is 14.3 Å². The van der Waals surface area contributed by atoms with E-state index in [4.69, 9.17) is 9.47 Å². The largest absolute Gasteiger partial charge is 0.508 e. The van der Waals surface area contributed by atoms with Gasteiger partial charge in [0.2, 0.25) is 5.78 Å². The van der Waals surface area contributed by atoms with Gasteiger partial charge in [0.15, 0.2) is 13.2 Å². The Bertz CT molecular complexity index is 704. The fourth-order valence-corrected chi connectivity index (χ4v) is 1.77. The number of phenolic OH excluding ortho intramolecular Hbond substituents is 2. The average Bonchev–Trinajstić information content (AvgIpc) is 2.57. The number of carbonyl (C=O) groups is 3. The molecular weight excluding hydrogens is 316 g/mol. The number of hydrogen-bond donors (Lipinski definition) is 2. The van der Waals surface area contributed by atoms with Crippen LogP contribution < -0.4 is 0 Å². The number of ether oxygens (including phenoxy) is 2. The number of hydrogen-bond acceptors (Lipinski definition) is 7. The van der Waals surface area contributed by atoms with Crippen molar-refractivity contribution in [3.63, 3.8) is 0 Å². The van der Waals surface area contributed by atoms with Crippen molar-refractivity contribution in [3.8, 4) is 11.5 Å². The highest BCUT2D eigenvalue weighted by Gasteiger charge is 2.14. The summed E-state index contributed by atoms with van der Waals surface area (Å²) in [7, 11) is 0. The van der Waals surface area contributed by atoms with Gasteiger partial charge in [-0.2, -0.15) is 0 Å². The lowest BCUT2D eigenvalue weighted by Gasteiger charge is -2.06. The Morgan fingerprint density at radius 1 is 0.750 bits per heavy atom. The van der Waals surface area contributed by atoms with Crippen LogP contribution in [0.3, 0.4) is 0 Å². The van der Waals surface area contributed by atoms with Crippen molar-refractivity contribution in [1.29, 1.82) is 0 Å². The van der Waals surface area contributed by atoms with Crippen LogP contribution in [0.4, 0.5) is 0 Å². The number of aromatic hydroxyl groups is 2. The van der Waals surface area contributed by atoms with Crippen LogP contribution in [0.25, 0.3) is 0 Å². The summed E-state index contributed by atoms with van der Waals surface area (Å²) in [6.45, 7) is -1.14. The van der Waals surface area contributed by atoms with E-state index in [0.717, 1.165) is 0 Å². The van der Waals surface area contributed by atoms with E-state index in [-0.39, 0.29) is 22.6 Å². The summed E-state index contributed by atoms with van der Waals surface area (Å²) in [4.78, 5) is 34.9. The normalized spacial score (nSPS) is 10.0. The fraction of sp³-hybridized carbons (Fsp3) is 0.118. The molecule has 0 amide bonds. The molecule has 0 aromatic heterocycles. The standard InChI is InChI=1S/C17H14O7/c18-13-5-1-3-11(7-13)16(21)23-9-15(20)10-24-17(22)12-4-2-6-14(19)8-12/h1-8,18-19H,9-10H2. The van der Waals surface area contributed by atoms with Gasteiger partial charge in [0, 0.05) is 0 Å². The van der Waals surface area contributed by atoms with Gasteiger partial charge in [0.1, 0.15) is 11.5 Å². The molecule has 2 aromatic carbocycles. The van der Waals surface area contributed by atoms with Crippen LogP contribution in [0, 0.1) is 0 Å². The van der Waals surface area contributed by atoms with Gasteiger partial charge < -0.3 is 19.7 Å². The molecule has 2 rings (SSSR count). The summed E-state index contributed by atoms with van der Waals surface area (Å²) in [5, 5.41) is 18.5. The Kier molecular flexibility index (Phi) is 5.51. The first-order valence-corrected chi connectivity index (χ1v) is 6.90. The lowest BCUT2D eigenvalue weighted by molar-refractivity contribution is -0.125. The van der Waals surface area contributed by atoms with Crippen molar-refractivity contribution < 1.29 is 34.1 Å². The molecule has 124 valence electrons. The maximum atomic E-state index is 11.7. The van der Waals surface area contributed by atoms with Crippen molar-refractivity contribution in [1.82, 2.24) is 0 Å². The lowest BCUT2D eigenvalue weighted by Crippen LogP contribution is -2.20. The van der Waals surface area contributed by atoms with Crippen LogP contribution in [0.2, 0.25) is 0 Å². The zero-order valence-electron chi connectivity index (χ0n) is 12.5. The van der Waals surface area contributed by atoms with Crippen molar-refractivity contribution in [2.24, 2.45) is 0 Å². The van der Waals surface area contributed by atoms with E-state index < -0.39 is 30.9 Å². The zero-order chi connectivity index (χ0) is 17.5. The van der Waals surface area contributed by atoms with Gasteiger partial charge in [0.05, 0.1) is 11.1 Å². The van der Waals surface area contributed by atoms with Crippen molar-refractivity contribution >= 4 is 17.7 Å². The number of rotatable bonds is 6. The summed E-state index contributed by atoms with van der Waals surface area (Å²) in [6, 6.07) is 11.0. The van der Waals surface area contributed by atoms with E-state index in [1.54, 1.807) is 0 Å². The van der Waals surface area contributed by atoms with Crippen molar-refractivity contribution in [3.05, 3.63) is 59.7 Å². The van der Waals surface area contributed by atoms with E-state index in [9.17, 15) is 24.6 Å². The molecule has 0 spiro atoms. The number of ketones is 1. The molecule has 7 nitrogen and oxygen atoms in total. The molecule has 0 aliphatic heterocycles. The third kappa shape index (κ3) is 4.84. The minimum absolute atomic E-state index is 0.0968. The molecule has 2 aromatic rings. The number of carbonyl (C=O) groups excluding carboxylic acids is 3. The smallest absolute Gasteiger partial charge is 0.338 e. The van der Waals surface area contributed by atoms with E-state index in [1.165, 1.54) is 48.5 Å². The predicted molar refractivity (Wildman–Crippen MR) is 81.8 cm³/mol. The van der Waals surface area contributed by atoms with Gasteiger partial charge in [-0.15, -0.1) is 0 Å². The second kappa shape index (κ2) is 7.77. The van der Waals surface area contributed by atoms with Crippen LogP contribution >= 0.6 is 0 Å². The van der Waals surface area contributed by atoms with Crippen LogP contribution in [-0.4, -0.2) is 41.1 Å². The Labute approximate surface area is 137 Å². The Hall–Kier alpha value is -3.35. The molecule has 0 aliphatic rings. The summed E-state index contributed by atoms with van der Waals surface area (Å²) in [5.41, 5.74) is 0.194. The summed E-state index contributed by atoms with van der Waals surface area (Å²) < 4.78 is 9.54. The van der Waals surface area contributed by atoms with Crippen LogP contribution in [0.15, 0.2) is 48.5 Å². The molecule has 0 radical (unpaired) electrons. The monoisotopic (exact) mass is 330 g/mol. The number of benzene rings is 2. The van der Waals surface area contributed by atoms with Crippen LogP contribution in [0.5, 0.6) is 11.5 Å². The number of Topliss-reactive ketones (excluding diaryl/α,β-unsaturated/α-hetero) is 1. The quantitative estimate of drug-likeness (QED) is 0.775. The maximum absolute atomic E-state index is 11.7. The summed E-state index contributed by atoms with van der Waals surface area (Å²) in [6.07, 6.45) is 0. The minimum Gasteiger partial charge on any atom is -0.508 e. The minimum atomic E-state index is -0.779. The molecule has 0 fully saturated rings. The second-order valence-corrected chi connectivity index (χ2v) is 4.79. The molecule has 24 heavy (non-hydrogen) atoms. The van der Waals surface area contributed by atoms with Gasteiger partial charge in [-0.1, -0.05) is 12.1 Å². The van der Waals surface area contributed by atoms with Gasteiger partial charge in [0.25, 0.3) is 0 Å². The van der Waals surface area contributed by atoms with Gasteiger partial charge in [-0.25, -0.2) is 9.59 Å². The van der Waals surface area contributed by atoms with Crippen LogP contribution in [0.1, 0.15) is 20.7 Å². The van der Waals surface area contributed by atoms with Gasteiger partial charge in [-0.05, 0) is 36.4 Å². The molecule has 2 N–H and O–H groups in total. The third-order valence-corrected chi connectivity index (χ3v) is 2.89. The highest BCUT2D eigenvalue weighted by atomic mass is 16.6. The van der Waals surface area contributed by atoms with Crippen molar-refractivity contribution in [2.75, 3.05) is 13.2 Å². The highest BCUT2D eigenvalue weighted by Crippen LogP contribution is 2.13. The molecule has 7 heteroatoms. The van der Waals surface area contributed by atoms with E-state index in [0.29, 0.717) is 0 Å². The topological polar surface area (TPSA) is 110 Å². The van der Waals surface area contributed by atoms with E-state index in [1.807, 2.05) is 0 Å². The van der Waals surface area contributed by atoms with E-state index >= 15 is 0 Å². The second-order valence-electron chi connectivity index (χ2n) is 4.79. The molecule has 0 unspecified atom stereocenters. The SMILES string of the molecule is O=C(COC(=O)c1cccc(O)c1)COC(=O)c1cccc(O)c1. The molecule has 0 heterocycles. The highest BCUT2D eigenvalue weighted by molar-refractivity contribution is 5.94. The molecule has 0 atom stereocenters. The summed E-state index contributed by atoms with van der Waals surface area (Å²) in [5.74, 6) is -2.37. The summed E-state index contributed by atoms with van der Waals surface area (Å²) >= 11 is 0. The first kappa shape index (κ1) is 17.0. The molecule has 0 bridgehead atoms. The predicted octanol–water partition coefficient (Wildman–Crippen LogP) is 1.68. The first-order chi connectivity index (χ1) is 11.5. The maximum Gasteiger partial charge on any atom is 0.338 e. The van der Waals surface area contributed by atoms with E-state index in [2.05, 4.69) is 0 Å². The third-order valence-electron chi connectivity index (χ3n) is 2.89. The Morgan fingerprint density at radius 3 is 1.54 bits per heavy atom. The Morgan fingerprint density at radius 2 is 1.17 bits per heavy atom. The van der Waals surface area contributed by atoms with Crippen molar-refractivity contribution in [2.45, 2.75) is 0 Å². The number of phenols is 2. The zero-order valence-corrected chi connectivity index (χ0v) is 12.5. The fourth-order valence-electron chi connectivity index (χ4n) is 1.77. The van der Waals surface area contributed by atoms with Gasteiger partial charge >= 0.3 is 11.9 Å². The number of esters is 2. The molecule has 0 saturated carbocycles.